The van der Waals surface area contributed by atoms with Gasteiger partial charge in [0.15, 0.2) is 0 Å². The predicted octanol–water partition coefficient (Wildman–Crippen LogP) is 3.21. The number of carboxylic acids is 1. The Kier molecular flexibility index (Phi) is 7.70. The van der Waals surface area contributed by atoms with Gasteiger partial charge in [0, 0.05) is 18.5 Å². The van der Waals surface area contributed by atoms with Crippen molar-refractivity contribution in [2.24, 2.45) is 5.92 Å². The van der Waals surface area contributed by atoms with Crippen LogP contribution in [0.15, 0.2) is 48.5 Å². The highest BCUT2D eigenvalue weighted by atomic mass is 16.5. The first-order valence-electron chi connectivity index (χ1n) is 12.1. The molecule has 3 atom stereocenters. The monoisotopic (exact) mass is 479 g/mol. The minimum Gasteiger partial charge on any atom is -0.481 e. The summed E-state index contributed by atoms with van der Waals surface area (Å²) in [6, 6.07) is 15.2. The Morgan fingerprint density at radius 3 is 2.26 bits per heavy atom. The number of ether oxygens (including phenoxy) is 1. The molecule has 2 aliphatic rings. The lowest BCUT2D eigenvalue weighted by atomic mass is 9.85. The maximum Gasteiger partial charge on any atom is 0.407 e. The third-order valence-electron chi connectivity index (χ3n) is 6.87. The minimum atomic E-state index is -0.828. The van der Waals surface area contributed by atoms with E-state index in [1.165, 1.54) is 0 Å². The fourth-order valence-electron chi connectivity index (χ4n) is 5.19. The smallest absolute Gasteiger partial charge is 0.407 e. The first-order valence-corrected chi connectivity index (χ1v) is 12.1. The molecule has 2 aliphatic carbocycles. The second-order valence-corrected chi connectivity index (χ2v) is 9.69. The lowest BCUT2D eigenvalue weighted by Crippen LogP contribution is -2.54. The molecule has 0 aliphatic heterocycles. The largest absolute Gasteiger partial charge is 0.481 e. The van der Waals surface area contributed by atoms with Crippen molar-refractivity contribution in [1.29, 1.82) is 0 Å². The third-order valence-corrected chi connectivity index (χ3v) is 6.87. The summed E-state index contributed by atoms with van der Waals surface area (Å²) < 4.78 is 5.61. The van der Waals surface area contributed by atoms with Crippen LogP contribution in [-0.4, -0.2) is 67.3 Å². The van der Waals surface area contributed by atoms with Crippen LogP contribution in [0.2, 0.25) is 0 Å². The standard InChI is InChI=1S/C27H33N3O5/c1-30(2)15-24(25(31)28-18-9-7-8-17(14-18)26(32)33)29-27(34)35-16-23-21-12-5-3-10-19(21)20-11-4-6-13-22(20)23/h3-6,10-13,17-18,23-24H,7-9,14-16H2,1-2H3,(H,28,31)(H,29,34)(H,32,33)/t17?,18?,24-/m0/s1. The molecule has 35 heavy (non-hydrogen) atoms. The van der Waals surface area contributed by atoms with Crippen molar-refractivity contribution in [2.45, 2.75) is 43.7 Å². The van der Waals surface area contributed by atoms with Gasteiger partial charge in [-0.05, 0) is 55.6 Å². The van der Waals surface area contributed by atoms with Crippen molar-refractivity contribution in [2.75, 3.05) is 27.2 Å². The molecule has 8 nitrogen and oxygen atoms in total. The molecule has 3 N–H and O–H groups in total. The zero-order chi connectivity index (χ0) is 24.9. The highest BCUT2D eigenvalue weighted by Gasteiger charge is 2.32. The van der Waals surface area contributed by atoms with Crippen molar-refractivity contribution in [3.8, 4) is 11.1 Å². The number of hydrogen-bond donors (Lipinski definition) is 3. The van der Waals surface area contributed by atoms with E-state index < -0.39 is 24.0 Å². The van der Waals surface area contributed by atoms with Crippen LogP contribution in [0, 0.1) is 5.92 Å². The van der Waals surface area contributed by atoms with Crippen molar-refractivity contribution in [3.63, 3.8) is 0 Å². The molecular formula is C27H33N3O5. The predicted molar refractivity (Wildman–Crippen MR) is 132 cm³/mol. The molecule has 0 radical (unpaired) electrons. The van der Waals surface area contributed by atoms with Gasteiger partial charge in [-0.15, -0.1) is 0 Å². The molecule has 4 rings (SSSR count). The quantitative estimate of drug-likeness (QED) is 0.537. The van der Waals surface area contributed by atoms with Crippen LogP contribution in [0.3, 0.4) is 0 Å². The zero-order valence-corrected chi connectivity index (χ0v) is 20.2. The molecule has 8 heteroatoms. The Morgan fingerprint density at radius 2 is 1.66 bits per heavy atom. The first-order chi connectivity index (χ1) is 16.8. The number of amides is 2. The fraction of sp³-hybridized carbons (Fsp3) is 0.444. The Labute approximate surface area is 205 Å². The van der Waals surface area contributed by atoms with Crippen LogP contribution in [0.25, 0.3) is 11.1 Å². The molecule has 0 heterocycles. The molecular weight excluding hydrogens is 446 g/mol. The number of likely N-dealkylation sites (N-methyl/N-ethyl adjacent to an activating group) is 1. The van der Waals surface area contributed by atoms with Gasteiger partial charge in [0.25, 0.3) is 0 Å². The van der Waals surface area contributed by atoms with Crippen LogP contribution >= 0.6 is 0 Å². The number of nitrogens with zero attached hydrogens (tertiary/aromatic N) is 1. The van der Waals surface area contributed by atoms with Gasteiger partial charge >= 0.3 is 12.1 Å². The first kappa shape index (κ1) is 24.7. The van der Waals surface area contributed by atoms with E-state index in [9.17, 15) is 19.5 Å². The van der Waals surface area contributed by atoms with Crippen LogP contribution in [0.5, 0.6) is 0 Å². The van der Waals surface area contributed by atoms with E-state index in [1.807, 2.05) is 43.3 Å². The lowest BCUT2D eigenvalue weighted by Gasteiger charge is -2.29. The molecule has 1 fully saturated rings. The second kappa shape index (κ2) is 10.9. The summed E-state index contributed by atoms with van der Waals surface area (Å²) >= 11 is 0. The molecule has 0 bridgehead atoms. The van der Waals surface area contributed by atoms with Crippen LogP contribution < -0.4 is 10.6 Å². The van der Waals surface area contributed by atoms with Gasteiger partial charge in [0.1, 0.15) is 12.6 Å². The van der Waals surface area contributed by atoms with E-state index in [0.717, 1.165) is 35.1 Å². The second-order valence-electron chi connectivity index (χ2n) is 9.69. The molecule has 2 amide bonds. The fourth-order valence-corrected chi connectivity index (χ4v) is 5.19. The summed E-state index contributed by atoms with van der Waals surface area (Å²) in [7, 11) is 3.64. The average molecular weight is 480 g/mol. The molecule has 0 saturated heterocycles. The molecule has 0 aromatic heterocycles. The number of aliphatic carboxylic acids is 1. The van der Waals surface area contributed by atoms with Gasteiger partial charge in [-0.2, -0.15) is 0 Å². The van der Waals surface area contributed by atoms with E-state index in [1.54, 1.807) is 0 Å². The molecule has 2 aromatic carbocycles. The van der Waals surface area contributed by atoms with E-state index in [4.69, 9.17) is 4.74 Å². The Hall–Kier alpha value is -3.39. The van der Waals surface area contributed by atoms with E-state index in [-0.39, 0.29) is 24.5 Å². The third kappa shape index (κ3) is 5.82. The van der Waals surface area contributed by atoms with Gasteiger partial charge in [0.2, 0.25) is 5.91 Å². The summed E-state index contributed by atoms with van der Waals surface area (Å²) in [5, 5.41) is 15.0. The number of nitrogens with one attached hydrogen (secondary N) is 2. The highest BCUT2D eigenvalue weighted by Crippen LogP contribution is 2.44. The maximum absolute atomic E-state index is 13.0. The number of carboxylic acid groups (broad SMARTS) is 1. The van der Waals surface area contributed by atoms with E-state index in [2.05, 4.69) is 34.9 Å². The van der Waals surface area contributed by atoms with Crippen molar-refractivity contribution in [3.05, 3.63) is 59.7 Å². The number of fused-ring (bicyclic) bond motifs is 3. The van der Waals surface area contributed by atoms with Crippen LogP contribution in [0.1, 0.15) is 42.7 Å². The maximum atomic E-state index is 13.0. The number of carbonyl (C=O) groups excluding carboxylic acids is 2. The Balaban J connectivity index is 1.38. The summed E-state index contributed by atoms with van der Waals surface area (Å²) in [5.41, 5.74) is 4.53. The molecule has 186 valence electrons. The number of benzene rings is 2. The number of alkyl carbamates (subject to hydrolysis) is 1. The normalized spacial score (nSPS) is 20.0. The summed E-state index contributed by atoms with van der Waals surface area (Å²) in [5.74, 6) is -1.67. The van der Waals surface area contributed by atoms with Crippen molar-refractivity contribution < 1.29 is 24.2 Å². The summed E-state index contributed by atoms with van der Waals surface area (Å²) in [6.07, 6.45) is 1.86. The number of carbonyl (C=O) groups is 3. The van der Waals surface area contributed by atoms with Crippen LogP contribution in [0.4, 0.5) is 4.79 Å². The van der Waals surface area contributed by atoms with Crippen LogP contribution in [-0.2, 0) is 14.3 Å². The Bertz CT molecular complexity index is 1040. The van der Waals surface area contributed by atoms with Gasteiger partial charge < -0.3 is 25.4 Å². The molecule has 0 spiro atoms. The Morgan fingerprint density at radius 1 is 1.03 bits per heavy atom. The van der Waals surface area contributed by atoms with Gasteiger partial charge in [0.05, 0.1) is 5.92 Å². The van der Waals surface area contributed by atoms with E-state index in [0.29, 0.717) is 19.4 Å². The summed E-state index contributed by atoms with van der Waals surface area (Å²) in [6.45, 7) is 0.462. The van der Waals surface area contributed by atoms with Gasteiger partial charge in [-0.3, -0.25) is 9.59 Å². The van der Waals surface area contributed by atoms with E-state index >= 15 is 0 Å². The molecule has 1 saturated carbocycles. The SMILES string of the molecule is CN(C)C[C@H](NC(=O)OCC1c2ccccc2-c2ccccc21)C(=O)NC1CCCC(C(=O)O)C1. The topological polar surface area (TPSA) is 108 Å². The number of rotatable bonds is 8. The molecule has 2 unspecified atom stereocenters. The van der Waals surface area contributed by atoms with Gasteiger partial charge in [-0.1, -0.05) is 55.0 Å². The zero-order valence-electron chi connectivity index (χ0n) is 20.2. The number of hydrogen-bond acceptors (Lipinski definition) is 5. The highest BCUT2D eigenvalue weighted by molar-refractivity contribution is 5.86. The lowest BCUT2D eigenvalue weighted by molar-refractivity contribution is -0.143. The summed E-state index contributed by atoms with van der Waals surface area (Å²) in [4.78, 5) is 38.9. The molecule has 2 aromatic rings. The van der Waals surface area contributed by atoms with Crippen molar-refractivity contribution >= 4 is 18.0 Å². The van der Waals surface area contributed by atoms with Gasteiger partial charge in [-0.25, -0.2) is 4.79 Å². The van der Waals surface area contributed by atoms with Crippen molar-refractivity contribution in [1.82, 2.24) is 15.5 Å². The minimum absolute atomic E-state index is 0.0653. The average Bonchev–Trinajstić information content (AvgIpc) is 3.16.